The van der Waals surface area contributed by atoms with Gasteiger partial charge in [0, 0.05) is 11.8 Å². The summed E-state index contributed by atoms with van der Waals surface area (Å²) in [6.45, 7) is 5.30. The van der Waals surface area contributed by atoms with Crippen LogP contribution in [-0.4, -0.2) is 35.1 Å². The Balaban J connectivity index is 2.31. The summed E-state index contributed by atoms with van der Waals surface area (Å²) < 4.78 is 19.5. The van der Waals surface area contributed by atoms with Crippen molar-refractivity contribution in [1.82, 2.24) is 0 Å². The minimum absolute atomic E-state index is 0.113. The van der Waals surface area contributed by atoms with E-state index in [0.717, 1.165) is 13.0 Å². The molecule has 7 heteroatoms. The average Bonchev–Trinajstić information content (AvgIpc) is 2.41. The van der Waals surface area contributed by atoms with Gasteiger partial charge in [-0.3, -0.25) is 4.79 Å². The number of carbonyl (C=O) groups excluding carboxylic acids is 1. The standard InChI is InChI=1S/C16H17FN2O4/c1-4-5-19-10(2)9-23-14-6-11(17)12(7-13(14)19)18-15(20)8-16(3,21)22/h1,6-7,21-22H,2,5,8-9H2,3H3,(H,18,20). The molecule has 1 aromatic carbocycles. The van der Waals surface area contributed by atoms with Crippen molar-refractivity contribution in [1.29, 1.82) is 0 Å². The number of nitrogens with one attached hydrogen (secondary N) is 1. The van der Waals surface area contributed by atoms with Gasteiger partial charge in [0.05, 0.1) is 24.3 Å². The lowest BCUT2D eigenvalue weighted by atomic mass is 10.1. The van der Waals surface area contributed by atoms with E-state index in [4.69, 9.17) is 11.2 Å². The van der Waals surface area contributed by atoms with E-state index < -0.39 is 23.9 Å². The molecule has 3 N–H and O–H groups in total. The van der Waals surface area contributed by atoms with E-state index in [0.29, 0.717) is 11.4 Å². The third-order valence-corrected chi connectivity index (χ3v) is 3.13. The van der Waals surface area contributed by atoms with Crippen LogP contribution >= 0.6 is 0 Å². The van der Waals surface area contributed by atoms with Gasteiger partial charge in [-0.15, -0.1) is 6.42 Å². The summed E-state index contributed by atoms with van der Waals surface area (Å²) in [5.41, 5.74) is 0.975. The minimum atomic E-state index is -2.18. The molecule has 1 aliphatic heterocycles. The van der Waals surface area contributed by atoms with Crippen molar-refractivity contribution in [2.24, 2.45) is 0 Å². The number of ether oxygens (including phenoxy) is 1. The third kappa shape index (κ3) is 4.00. The minimum Gasteiger partial charge on any atom is -0.485 e. The largest absolute Gasteiger partial charge is 0.485 e. The molecule has 2 rings (SSSR count). The maximum Gasteiger partial charge on any atom is 0.229 e. The Morgan fingerprint density at radius 2 is 2.30 bits per heavy atom. The van der Waals surface area contributed by atoms with Gasteiger partial charge in [0.15, 0.2) is 11.6 Å². The molecule has 1 aromatic rings. The Morgan fingerprint density at radius 1 is 1.61 bits per heavy atom. The monoisotopic (exact) mass is 320 g/mol. The lowest BCUT2D eigenvalue weighted by Crippen LogP contribution is -2.31. The smallest absolute Gasteiger partial charge is 0.229 e. The number of hydrogen-bond acceptors (Lipinski definition) is 5. The van der Waals surface area contributed by atoms with Gasteiger partial charge < -0.3 is 25.2 Å². The Bertz CT molecular complexity index is 689. The molecule has 0 aliphatic carbocycles. The SMILES string of the molecule is C#CCN1C(=C)COc2cc(F)c(NC(=O)CC(C)(O)O)cc21. The molecule has 0 saturated carbocycles. The average molecular weight is 320 g/mol. The van der Waals surface area contributed by atoms with E-state index in [9.17, 15) is 19.4 Å². The van der Waals surface area contributed by atoms with Crippen LogP contribution in [0.25, 0.3) is 0 Å². The van der Waals surface area contributed by atoms with Crippen LogP contribution in [0.5, 0.6) is 5.75 Å². The Hall–Kier alpha value is -2.56. The van der Waals surface area contributed by atoms with Gasteiger partial charge in [0.1, 0.15) is 12.4 Å². The van der Waals surface area contributed by atoms with Gasteiger partial charge in [-0.2, -0.15) is 0 Å². The van der Waals surface area contributed by atoms with Crippen molar-refractivity contribution < 1.29 is 24.1 Å². The number of hydrogen-bond donors (Lipinski definition) is 3. The van der Waals surface area contributed by atoms with Crippen molar-refractivity contribution >= 4 is 17.3 Å². The lowest BCUT2D eigenvalue weighted by Gasteiger charge is -2.32. The predicted molar refractivity (Wildman–Crippen MR) is 83.3 cm³/mol. The maximum atomic E-state index is 14.1. The van der Waals surface area contributed by atoms with Crippen LogP contribution in [0.4, 0.5) is 15.8 Å². The van der Waals surface area contributed by atoms with Crippen molar-refractivity contribution in [2.45, 2.75) is 19.1 Å². The van der Waals surface area contributed by atoms with Crippen LogP contribution in [0, 0.1) is 18.2 Å². The summed E-state index contributed by atoms with van der Waals surface area (Å²) in [6, 6.07) is 2.51. The summed E-state index contributed by atoms with van der Waals surface area (Å²) in [6.07, 6.45) is 4.73. The number of benzene rings is 1. The molecule has 1 aliphatic rings. The van der Waals surface area contributed by atoms with Gasteiger partial charge in [-0.25, -0.2) is 4.39 Å². The molecule has 6 nitrogen and oxygen atoms in total. The number of rotatable bonds is 4. The fourth-order valence-electron chi connectivity index (χ4n) is 2.16. The summed E-state index contributed by atoms with van der Waals surface area (Å²) in [5.74, 6) is -0.859. The predicted octanol–water partition coefficient (Wildman–Crippen LogP) is 1.20. The molecule has 23 heavy (non-hydrogen) atoms. The molecule has 1 amide bonds. The number of fused-ring (bicyclic) bond motifs is 1. The Labute approximate surface area is 133 Å². The summed E-state index contributed by atoms with van der Waals surface area (Å²) >= 11 is 0. The maximum absolute atomic E-state index is 14.1. The number of terminal acetylenes is 1. The summed E-state index contributed by atoms with van der Waals surface area (Å²) in [7, 11) is 0. The molecule has 0 bridgehead atoms. The van der Waals surface area contributed by atoms with Gasteiger partial charge in [0.25, 0.3) is 0 Å². The van der Waals surface area contributed by atoms with Gasteiger partial charge in [-0.1, -0.05) is 12.5 Å². The molecule has 122 valence electrons. The highest BCUT2D eigenvalue weighted by atomic mass is 19.1. The fraction of sp³-hybridized carbons (Fsp3) is 0.312. The Kier molecular flexibility index (Phi) is 4.59. The zero-order chi connectivity index (χ0) is 17.2. The van der Waals surface area contributed by atoms with Crippen LogP contribution in [0.15, 0.2) is 24.4 Å². The third-order valence-electron chi connectivity index (χ3n) is 3.13. The second-order valence-corrected chi connectivity index (χ2v) is 5.39. The first kappa shape index (κ1) is 16.8. The van der Waals surface area contributed by atoms with Crippen molar-refractivity contribution in [3.8, 4) is 18.1 Å². The van der Waals surface area contributed by atoms with Crippen LogP contribution in [0.2, 0.25) is 0 Å². The molecule has 0 aromatic heterocycles. The second-order valence-electron chi connectivity index (χ2n) is 5.39. The van der Waals surface area contributed by atoms with Crippen LogP contribution in [-0.2, 0) is 4.79 Å². The zero-order valence-electron chi connectivity index (χ0n) is 12.6. The first-order valence-corrected chi connectivity index (χ1v) is 6.81. The first-order valence-electron chi connectivity index (χ1n) is 6.81. The van der Waals surface area contributed by atoms with Crippen molar-refractivity contribution in [2.75, 3.05) is 23.4 Å². The van der Waals surface area contributed by atoms with Crippen molar-refractivity contribution in [3.05, 3.63) is 30.2 Å². The highest BCUT2D eigenvalue weighted by Gasteiger charge is 2.25. The summed E-state index contributed by atoms with van der Waals surface area (Å²) in [5, 5.41) is 20.7. The second kappa shape index (κ2) is 6.28. The van der Waals surface area contributed by atoms with Gasteiger partial charge >= 0.3 is 0 Å². The highest BCUT2D eigenvalue weighted by Crippen LogP contribution is 2.38. The molecule has 0 fully saturated rings. The highest BCUT2D eigenvalue weighted by molar-refractivity contribution is 5.92. The number of anilines is 2. The lowest BCUT2D eigenvalue weighted by molar-refractivity contribution is -0.158. The van der Waals surface area contributed by atoms with E-state index in [1.54, 1.807) is 4.90 Å². The van der Waals surface area contributed by atoms with E-state index >= 15 is 0 Å². The molecule has 0 saturated heterocycles. The topological polar surface area (TPSA) is 82.0 Å². The number of aliphatic hydroxyl groups is 2. The van der Waals surface area contributed by atoms with E-state index in [1.807, 2.05) is 0 Å². The molecule has 0 unspecified atom stereocenters. The van der Waals surface area contributed by atoms with Gasteiger partial charge in [0.2, 0.25) is 5.91 Å². The number of carbonyl (C=O) groups is 1. The summed E-state index contributed by atoms with van der Waals surface area (Å²) in [4.78, 5) is 13.4. The Morgan fingerprint density at radius 3 is 2.91 bits per heavy atom. The molecular formula is C16H17FN2O4. The van der Waals surface area contributed by atoms with Gasteiger partial charge in [-0.05, 0) is 13.0 Å². The van der Waals surface area contributed by atoms with Crippen molar-refractivity contribution in [3.63, 3.8) is 0 Å². The molecular weight excluding hydrogens is 303 g/mol. The van der Waals surface area contributed by atoms with E-state index in [-0.39, 0.29) is 24.6 Å². The molecule has 0 atom stereocenters. The van der Waals surface area contributed by atoms with Crippen LogP contribution < -0.4 is 15.0 Å². The quantitative estimate of drug-likeness (QED) is 0.574. The van der Waals surface area contributed by atoms with Crippen LogP contribution in [0.3, 0.4) is 0 Å². The number of nitrogens with zero attached hydrogens (tertiary/aromatic N) is 1. The number of amides is 1. The molecule has 0 radical (unpaired) electrons. The first-order chi connectivity index (χ1) is 10.7. The van der Waals surface area contributed by atoms with E-state index in [2.05, 4.69) is 17.8 Å². The van der Waals surface area contributed by atoms with Crippen LogP contribution in [0.1, 0.15) is 13.3 Å². The zero-order valence-corrected chi connectivity index (χ0v) is 12.6. The van der Waals surface area contributed by atoms with E-state index in [1.165, 1.54) is 6.07 Å². The molecule has 1 heterocycles. The number of halogens is 1. The normalized spacial score (nSPS) is 13.9. The molecule has 0 spiro atoms. The fourth-order valence-corrected chi connectivity index (χ4v) is 2.16.